The highest BCUT2D eigenvalue weighted by molar-refractivity contribution is 6.04. The number of aliphatic hydroxyl groups is 2. The number of Topliss-reactive ketones (excluding diaryl/α,β-unsaturated/α-hetero) is 1. The van der Waals surface area contributed by atoms with Crippen LogP contribution in [-0.2, 0) is 33.4 Å². The molecule has 9 heteroatoms. The third kappa shape index (κ3) is 5.57. The van der Waals surface area contributed by atoms with E-state index in [9.17, 15) is 29.4 Å². The molecule has 0 bridgehead atoms. The van der Waals surface area contributed by atoms with Gasteiger partial charge in [-0.2, -0.15) is 0 Å². The average molecular weight is 597 g/mol. The van der Waals surface area contributed by atoms with Crippen LogP contribution in [-0.4, -0.2) is 63.9 Å². The molecule has 0 aromatic rings. The lowest BCUT2D eigenvalue weighted by Gasteiger charge is -2.50. The van der Waals surface area contributed by atoms with Crippen LogP contribution < -0.4 is 0 Å². The molecule has 2 fully saturated rings. The summed E-state index contributed by atoms with van der Waals surface area (Å²) in [6.07, 6.45) is 16.0. The summed E-state index contributed by atoms with van der Waals surface area (Å²) in [5.74, 6) is -4.76. The van der Waals surface area contributed by atoms with Crippen molar-refractivity contribution in [3.63, 3.8) is 0 Å². The SMILES string of the molecule is CCCC=CC=CC=CC(=O)OCC1(C)C2C3C=C(COC(C)=O)CC4(O)C(=O)C(C)=CC4C3(O)C(C)CC21OC(C)=O. The predicted molar refractivity (Wildman–Crippen MR) is 158 cm³/mol. The number of esters is 3. The number of carbonyl (C=O) groups is 4. The van der Waals surface area contributed by atoms with E-state index in [-0.39, 0.29) is 26.1 Å². The Kier molecular flexibility index (Phi) is 9.10. The van der Waals surface area contributed by atoms with Gasteiger partial charge in [0, 0.05) is 49.5 Å². The highest BCUT2D eigenvalue weighted by Gasteiger charge is 2.85. The largest absolute Gasteiger partial charge is 0.462 e. The fourth-order valence-corrected chi connectivity index (χ4v) is 7.93. The molecule has 0 heterocycles. The Labute approximate surface area is 253 Å². The summed E-state index contributed by atoms with van der Waals surface area (Å²) in [5.41, 5.74) is -4.62. The van der Waals surface area contributed by atoms with Gasteiger partial charge in [0.15, 0.2) is 5.78 Å². The molecule has 234 valence electrons. The van der Waals surface area contributed by atoms with Crippen molar-refractivity contribution < 1.29 is 43.6 Å². The van der Waals surface area contributed by atoms with E-state index in [1.807, 2.05) is 32.1 Å². The Hall–Kier alpha value is -3.30. The van der Waals surface area contributed by atoms with E-state index in [2.05, 4.69) is 6.92 Å². The molecule has 0 radical (unpaired) electrons. The molecule has 8 atom stereocenters. The van der Waals surface area contributed by atoms with Crippen LogP contribution in [0.3, 0.4) is 0 Å². The van der Waals surface area contributed by atoms with Crippen molar-refractivity contribution in [3.8, 4) is 0 Å². The van der Waals surface area contributed by atoms with Crippen molar-refractivity contribution in [3.05, 3.63) is 59.8 Å². The molecule has 0 spiro atoms. The molecule has 4 aliphatic rings. The zero-order chi connectivity index (χ0) is 31.8. The van der Waals surface area contributed by atoms with Crippen LogP contribution in [0.25, 0.3) is 0 Å². The van der Waals surface area contributed by atoms with Gasteiger partial charge in [0.2, 0.25) is 0 Å². The van der Waals surface area contributed by atoms with Crippen LogP contribution in [0.2, 0.25) is 0 Å². The highest BCUT2D eigenvalue weighted by Crippen LogP contribution is 2.76. The quantitative estimate of drug-likeness (QED) is 0.126. The fraction of sp³-hybridized carbons (Fsp3) is 0.588. The monoisotopic (exact) mass is 596 g/mol. The predicted octanol–water partition coefficient (Wildman–Crippen LogP) is 4.09. The minimum atomic E-state index is -1.92. The summed E-state index contributed by atoms with van der Waals surface area (Å²) in [5, 5.41) is 24.5. The number of hydrogen-bond acceptors (Lipinski definition) is 9. The fourth-order valence-electron chi connectivity index (χ4n) is 7.93. The van der Waals surface area contributed by atoms with Gasteiger partial charge in [0.1, 0.15) is 24.4 Å². The molecule has 0 aromatic carbocycles. The highest BCUT2D eigenvalue weighted by atomic mass is 16.6. The lowest BCUT2D eigenvalue weighted by Crippen LogP contribution is -2.61. The van der Waals surface area contributed by atoms with Gasteiger partial charge in [-0.05, 0) is 36.8 Å². The molecular weight excluding hydrogens is 552 g/mol. The van der Waals surface area contributed by atoms with Crippen molar-refractivity contribution in [2.24, 2.45) is 29.1 Å². The lowest BCUT2D eigenvalue weighted by atomic mass is 9.60. The average Bonchev–Trinajstić information content (AvgIpc) is 3.37. The van der Waals surface area contributed by atoms with Gasteiger partial charge in [-0.25, -0.2) is 4.79 Å². The van der Waals surface area contributed by atoms with E-state index in [0.717, 1.165) is 12.8 Å². The van der Waals surface area contributed by atoms with Crippen LogP contribution in [0.4, 0.5) is 0 Å². The van der Waals surface area contributed by atoms with E-state index in [4.69, 9.17) is 14.2 Å². The molecule has 0 amide bonds. The van der Waals surface area contributed by atoms with Gasteiger partial charge < -0.3 is 24.4 Å². The van der Waals surface area contributed by atoms with Gasteiger partial charge in [0.05, 0.1) is 5.60 Å². The molecule has 2 saturated carbocycles. The Bertz CT molecular complexity index is 1320. The summed E-state index contributed by atoms with van der Waals surface area (Å²) in [6, 6.07) is 0. The first-order chi connectivity index (χ1) is 20.2. The Morgan fingerprint density at radius 2 is 1.74 bits per heavy atom. The molecule has 0 aromatic heterocycles. The molecule has 0 aliphatic heterocycles. The summed E-state index contributed by atoms with van der Waals surface area (Å²) in [4.78, 5) is 50.1. The van der Waals surface area contributed by atoms with Crippen LogP contribution in [0.1, 0.15) is 67.2 Å². The van der Waals surface area contributed by atoms with Crippen LogP contribution in [0.15, 0.2) is 59.8 Å². The first-order valence-corrected chi connectivity index (χ1v) is 15.0. The minimum absolute atomic E-state index is 0.0800. The maximum atomic E-state index is 13.3. The number of fused-ring (bicyclic) bond motifs is 5. The van der Waals surface area contributed by atoms with E-state index < -0.39 is 69.6 Å². The first kappa shape index (κ1) is 32.6. The van der Waals surface area contributed by atoms with Crippen LogP contribution in [0, 0.1) is 29.1 Å². The molecule has 0 saturated heterocycles. The standard InChI is InChI=1S/C34H44O9/c1-7-8-9-10-11-12-13-14-28(37)42-20-31(6)29-26-16-25(19-41-23(4)35)18-32(39)27(15-21(2)30(32)38)34(26,40)22(3)17-33(29,31)43-24(5)36/h9-16,22,26-27,29,39-40H,7-8,17-20H2,1-6H3. The molecule has 4 rings (SSSR count). The zero-order valence-corrected chi connectivity index (χ0v) is 25.9. The van der Waals surface area contributed by atoms with Crippen molar-refractivity contribution in [2.45, 2.75) is 84.0 Å². The topological polar surface area (TPSA) is 136 Å². The van der Waals surface area contributed by atoms with Crippen LogP contribution in [0.5, 0.6) is 0 Å². The molecule has 9 nitrogen and oxygen atoms in total. The maximum absolute atomic E-state index is 13.3. The van der Waals surface area contributed by atoms with E-state index in [1.165, 1.54) is 19.9 Å². The first-order valence-electron chi connectivity index (χ1n) is 15.0. The molecular formula is C34H44O9. The van der Waals surface area contributed by atoms with Crippen molar-refractivity contribution in [2.75, 3.05) is 13.2 Å². The number of allylic oxidation sites excluding steroid dienone is 5. The van der Waals surface area contributed by atoms with Crippen molar-refractivity contribution in [1.82, 2.24) is 0 Å². The number of carbonyl (C=O) groups excluding carboxylic acids is 4. The summed E-state index contributed by atoms with van der Waals surface area (Å²) >= 11 is 0. The Morgan fingerprint density at radius 3 is 2.40 bits per heavy atom. The summed E-state index contributed by atoms with van der Waals surface area (Å²) < 4.78 is 17.0. The summed E-state index contributed by atoms with van der Waals surface area (Å²) in [7, 11) is 0. The van der Waals surface area contributed by atoms with Gasteiger partial charge in [-0.15, -0.1) is 0 Å². The van der Waals surface area contributed by atoms with E-state index in [1.54, 1.807) is 31.2 Å². The second-order valence-electron chi connectivity index (χ2n) is 12.8. The second-order valence-corrected chi connectivity index (χ2v) is 12.8. The number of ether oxygens (including phenoxy) is 3. The lowest BCUT2D eigenvalue weighted by molar-refractivity contribution is -0.186. The van der Waals surface area contributed by atoms with Gasteiger partial charge in [-0.3, -0.25) is 14.4 Å². The zero-order valence-electron chi connectivity index (χ0n) is 25.9. The van der Waals surface area contributed by atoms with E-state index >= 15 is 0 Å². The second kappa shape index (κ2) is 12.0. The molecule has 8 unspecified atom stereocenters. The maximum Gasteiger partial charge on any atom is 0.330 e. The molecule has 2 N–H and O–H groups in total. The Balaban J connectivity index is 1.68. The number of ketones is 1. The van der Waals surface area contributed by atoms with Crippen LogP contribution >= 0.6 is 0 Å². The van der Waals surface area contributed by atoms with Gasteiger partial charge in [-0.1, -0.05) is 69.7 Å². The third-order valence-electron chi connectivity index (χ3n) is 9.91. The normalized spacial score (nSPS) is 38.2. The number of rotatable bonds is 10. The van der Waals surface area contributed by atoms with E-state index in [0.29, 0.717) is 11.1 Å². The third-order valence-corrected chi connectivity index (χ3v) is 9.91. The van der Waals surface area contributed by atoms with Gasteiger partial charge in [0.25, 0.3) is 0 Å². The van der Waals surface area contributed by atoms with Crippen molar-refractivity contribution in [1.29, 1.82) is 0 Å². The number of hydrogen-bond donors (Lipinski definition) is 2. The minimum Gasteiger partial charge on any atom is -0.462 e. The summed E-state index contributed by atoms with van der Waals surface area (Å²) in [6.45, 7) is 9.74. The Morgan fingerprint density at radius 1 is 1.05 bits per heavy atom. The van der Waals surface area contributed by atoms with Gasteiger partial charge >= 0.3 is 17.9 Å². The molecule has 43 heavy (non-hydrogen) atoms. The smallest absolute Gasteiger partial charge is 0.330 e. The number of unbranched alkanes of at least 4 members (excludes halogenated alkanes) is 1. The molecule has 4 aliphatic carbocycles. The van der Waals surface area contributed by atoms with Crippen molar-refractivity contribution >= 4 is 23.7 Å².